The molecule has 3 rings (SSSR count). The second kappa shape index (κ2) is 8.74. The van der Waals surface area contributed by atoms with Gasteiger partial charge in [-0.05, 0) is 0 Å². The number of amides is 1. The van der Waals surface area contributed by atoms with Crippen LogP contribution >= 0.6 is 11.6 Å². The number of hydrogen-bond donors (Lipinski definition) is 0. The van der Waals surface area contributed by atoms with Crippen molar-refractivity contribution in [1.29, 1.82) is 0 Å². The first-order valence-electron chi connectivity index (χ1n) is 8.16. The van der Waals surface area contributed by atoms with E-state index in [1.807, 2.05) is 30.3 Å². The summed E-state index contributed by atoms with van der Waals surface area (Å²) >= 11 is 4.51. The van der Waals surface area contributed by atoms with E-state index in [9.17, 15) is 17.6 Å². The molecule has 1 aliphatic rings. The quantitative estimate of drug-likeness (QED) is 0.386. The van der Waals surface area contributed by atoms with E-state index in [1.165, 1.54) is 17.0 Å². The predicted octanol–water partition coefficient (Wildman–Crippen LogP) is -0.253. The van der Waals surface area contributed by atoms with Gasteiger partial charge < -0.3 is 0 Å². The molecule has 0 saturated carbocycles. The normalized spacial score (nSPS) is 17.3. The molecule has 27 heavy (non-hydrogen) atoms. The van der Waals surface area contributed by atoms with Crippen LogP contribution in [0.15, 0.2) is 48.5 Å². The molecular weight excluding hydrogens is 508 g/mol. The summed E-state index contributed by atoms with van der Waals surface area (Å²) in [6.45, 7) is 0.318. The van der Waals surface area contributed by atoms with E-state index in [1.54, 1.807) is 0 Å². The number of carbonyl (C=O) groups excluding carboxylic acids is 1. The number of carbonyl (C=O) groups is 1. The van der Waals surface area contributed by atoms with E-state index < -0.39 is 37.9 Å². The molecule has 1 atom stereocenters. The Morgan fingerprint density at radius 3 is 2.70 bits per heavy atom. The number of benzene rings is 2. The molecule has 1 aliphatic heterocycles. The first kappa shape index (κ1) is 20.3. The Hall–Kier alpha value is -1.39. The van der Waals surface area contributed by atoms with Crippen molar-refractivity contribution in [3.63, 3.8) is 0 Å². The third-order valence-electron chi connectivity index (χ3n) is 4.08. The van der Waals surface area contributed by atoms with Crippen LogP contribution in [-0.4, -0.2) is 44.2 Å². The van der Waals surface area contributed by atoms with Gasteiger partial charge in [0.15, 0.2) is 0 Å². The van der Waals surface area contributed by atoms with Crippen molar-refractivity contribution in [1.82, 2.24) is 4.90 Å². The molecule has 1 amide bonds. The minimum absolute atomic E-state index is 0.0860. The molecular formula is C18H17ClFINO4S-. The Kier molecular flexibility index (Phi) is 6.59. The summed E-state index contributed by atoms with van der Waals surface area (Å²) in [4.78, 5) is 13.8. The van der Waals surface area contributed by atoms with Gasteiger partial charge in [0, 0.05) is 0 Å². The van der Waals surface area contributed by atoms with Crippen LogP contribution in [0.2, 0.25) is 5.02 Å². The van der Waals surface area contributed by atoms with Crippen LogP contribution in [0.25, 0.3) is 0 Å². The first-order chi connectivity index (χ1) is 12.8. The van der Waals surface area contributed by atoms with Gasteiger partial charge in [-0.25, -0.2) is 0 Å². The molecule has 1 fully saturated rings. The van der Waals surface area contributed by atoms with Crippen molar-refractivity contribution in [2.24, 2.45) is 0 Å². The maximum atomic E-state index is 13.1. The Balaban J connectivity index is 1.55. The molecule has 0 bridgehead atoms. The van der Waals surface area contributed by atoms with Gasteiger partial charge in [-0.3, -0.25) is 0 Å². The molecule has 0 aliphatic carbocycles. The van der Waals surface area contributed by atoms with Crippen LogP contribution in [0.4, 0.5) is 4.39 Å². The fourth-order valence-electron chi connectivity index (χ4n) is 2.64. The molecule has 5 nitrogen and oxygen atoms in total. The topological polar surface area (TPSA) is 63.7 Å². The van der Waals surface area contributed by atoms with Crippen molar-refractivity contribution in [3.8, 4) is 5.75 Å². The van der Waals surface area contributed by atoms with E-state index in [0.717, 1.165) is 9.64 Å². The molecule has 0 radical (unpaired) electrons. The van der Waals surface area contributed by atoms with Gasteiger partial charge in [0.2, 0.25) is 0 Å². The van der Waals surface area contributed by atoms with E-state index in [0.29, 0.717) is 13.0 Å². The molecule has 1 heterocycles. The van der Waals surface area contributed by atoms with Crippen molar-refractivity contribution in [2.75, 3.05) is 19.7 Å². The number of rotatable bonds is 6. The summed E-state index contributed by atoms with van der Waals surface area (Å²) in [7, 11) is -3.24. The second-order valence-electron chi connectivity index (χ2n) is 5.96. The van der Waals surface area contributed by atoms with E-state index in [-0.39, 0.29) is 29.8 Å². The van der Waals surface area contributed by atoms with Crippen LogP contribution in [0.5, 0.6) is 5.75 Å². The molecule has 0 N–H and O–H groups in total. The minimum atomic E-state index is -3.24. The van der Waals surface area contributed by atoms with Gasteiger partial charge in [0.05, 0.1) is 0 Å². The maximum absolute atomic E-state index is 13.1. The standard InChI is InChI=1S/C18H17ClFINO4S/c19-16-10-14(6-7-17(16)20)26-12-18(23)22-9-8-15(11-22)27(24,25)21-13-4-2-1-3-5-13/h1-7,10,15H,8-9,11-12H2/q-1. The van der Waals surface area contributed by atoms with Gasteiger partial charge in [0.25, 0.3) is 0 Å². The first-order valence-corrected chi connectivity index (χ1v) is 13.7. The SMILES string of the molecule is O=C(COc1ccc(F)c(Cl)c1)N1CCC(S(=O)(=O)[I-]c2ccccc2)C1. The summed E-state index contributed by atoms with van der Waals surface area (Å²) in [5.74, 6) is -0.580. The average molecular weight is 525 g/mol. The number of halogens is 3. The van der Waals surface area contributed by atoms with Gasteiger partial charge >= 0.3 is 172 Å². The average Bonchev–Trinajstić information content (AvgIpc) is 3.14. The Morgan fingerprint density at radius 1 is 1.26 bits per heavy atom. The van der Waals surface area contributed by atoms with Crippen molar-refractivity contribution >= 4 is 24.5 Å². The number of ether oxygens (including phenoxy) is 1. The van der Waals surface area contributed by atoms with Crippen LogP contribution in [-0.2, 0) is 11.8 Å². The van der Waals surface area contributed by atoms with Crippen LogP contribution in [0.1, 0.15) is 6.42 Å². The van der Waals surface area contributed by atoms with Crippen molar-refractivity contribution in [3.05, 3.63) is 62.9 Å². The summed E-state index contributed by atoms with van der Waals surface area (Å²) in [6, 6.07) is 13.0. The molecule has 0 aromatic heterocycles. The molecule has 146 valence electrons. The predicted molar refractivity (Wildman–Crippen MR) is 95.9 cm³/mol. The zero-order valence-corrected chi connectivity index (χ0v) is 17.9. The number of nitrogens with zero attached hydrogens (tertiary/aromatic N) is 1. The van der Waals surface area contributed by atoms with Crippen molar-refractivity contribution < 1.29 is 42.2 Å². The molecule has 2 aromatic carbocycles. The van der Waals surface area contributed by atoms with Gasteiger partial charge in [-0.1, -0.05) is 0 Å². The van der Waals surface area contributed by atoms with Crippen molar-refractivity contribution in [2.45, 2.75) is 11.7 Å². The third kappa shape index (κ3) is 5.32. The van der Waals surface area contributed by atoms with Crippen LogP contribution in [0, 0.1) is 9.39 Å². The Bertz CT molecular complexity index is 926. The molecule has 0 spiro atoms. The second-order valence-corrected chi connectivity index (χ2v) is 14.4. The fourth-order valence-corrected chi connectivity index (χ4v) is 9.78. The monoisotopic (exact) mass is 524 g/mol. The van der Waals surface area contributed by atoms with Crippen LogP contribution in [0.3, 0.4) is 0 Å². The fraction of sp³-hybridized carbons (Fsp3) is 0.278. The summed E-state index contributed by atoms with van der Waals surface area (Å²) in [5, 5.41) is -0.619. The number of likely N-dealkylation sites (tertiary alicyclic amines) is 1. The molecule has 1 saturated heterocycles. The van der Waals surface area contributed by atoms with Gasteiger partial charge in [-0.15, -0.1) is 0 Å². The summed E-state index contributed by atoms with van der Waals surface area (Å²) in [5.41, 5.74) is 0. The number of hydrogen-bond acceptors (Lipinski definition) is 4. The zero-order valence-electron chi connectivity index (χ0n) is 14.1. The third-order valence-corrected chi connectivity index (χ3v) is 12.2. The van der Waals surface area contributed by atoms with Crippen LogP contribution < -0.4 is 24.6 Å². The Morgan fingerprint density at radius 2 is 2.00 bits per heavy atom. The molecule has 1 unspecified atom stereocenters. The van der Waals surface area contributed by atoms with E-state index >= 15 is 0 Å². The summed E-state index contributed by atoms with van der Waals surface area (Å²) < 4.78 is 44.6. The van der Waals surface area contributed by atoms with E-state index in [2.05, 4.69) is 0 Å². The van der Waals surface area contributed by atoms with Gasteiger partial charge in [0.1, 0.15) is 0 Å². The molecule has 9 heteroatoms. The van der Waals surface area contributed by atoms with Gasteiger partial charge in [-0.2, -0.15) is 0 Å². The molecule has 2 aromatic rings. The summed E-state index contributed by atoms with van der Waals surface area (Å²) in [6.07, 6.45) is 0.434. The Labute approximate surface area is 171 Å². The zero-order chi connectivity index (χ0) is 19.4. The van der Waals surface area contributed by atoms with E-state index in [4.69, 9.17) is 16.3 Å².